The van der Waals surface area contributed by atoms with Crippen LogP contribution in [0, 0.1) is 10.1 Å². The van der Waals surface area contributed by atoms with Crippen molar-refractivity contribution in [1.29, 1.82) is 0 Å². The van der Waals surface area contributed by atoms with E-state index < -0.39 is 4.92 Å². The van der Waals surface area contributed by atoms with E-state index in [9.17, 15) is 14.9 Å². The van der Waals surface area contributed by atoms with E-state index in [0.717, 1.165) is 11.3 Å². The van der Waals surface area contributed by atoms with Crippen molar-refractivity contribution in [1.82, 2.24) is 9.97 Å². The van der Waals surface area contributed by atoms with Gasteiger partial charge in [-0.15, -0.1) is 0 Å². The largest absolute Gasteiger partial charge is 0.366 e. The van der Waals surface area contributed by atoms with E-state index in [4.69, 9.17) is 0 Å². The lowest BCUT2D eigenvalue weighted by molar-refractivity contribution is -0.384. The van der Waals surface area contributed by atoms with Gasteiger partial charge in [-0.25, -0.2) is 4.98 Å². The molecule has 0 fully saturated rings. The molecule has 0 aliphatic rings. The smallest absolute Gasteiger partial charge is 0.270 e. The van der Waals surface area contributed by atoms with Crippen molar-refractivity contribution < 1.29 is 9.72 Å². The maximum atomic E-state index is 12.5. The number of fused-ring (bicyclic) bond motifs is 1. The topological polar surface area (TPSA) is 101 Å². The van der Waals surface area contributed by atoms with Gasteiger partial charge in [0, 0.05) is 54.8 Å². The molecule has 0 atom stereocenters. The lowest BCUT2D eigenvalue weighted by Gasteiger charge is -2.18. The number of carbonyl (C=O) groups is 1. The number of rotatable bonds is 6. The van der Waals surface area contributed by atoms with Gasteiger partial charge in [-0.2, -0.15) is 0 Å². The van der Waals surface area contributed by atoms with Crippen LogP contribution in [-0.4, -0.2) is 27.8 Å². The highest BCUT2D eigenvalue weighted by Crippen LogP contribution is 2.22. The van der Waals surface area contributed by atoms with Gasteiger partial charge >= 0.3 is 0 Å². The highest BCUT2D eigenvalue weighted by Gasteiger charge is 2.13. The Morgan fingerprint density at radius 3 is 2.48 bits per heavy atom. The maximum absolute atomic E-state index is 12.5. The Morgan fingerprint density at radius 2 is 1.77 bits per heavy atom. The Bertz CT molecular complexity index is 1240. The molecule has 0 radical (unpaired) electrons. The first-order valence-electron chi connectivity index (χ1n) is 9.57. The van der Waals surface area contributed by atoms with Gasteiger partial charge in [0.1, 0.15) is 5.82 Å². The van der Waals surface area contributed by atoms with Crippen molar-refractivity contribution in [2.75, 3.05) is 17.3 Å². The lowest BCUT2D eigenvalue weighted by atomic mass is 10.1. The molecule has 1 N–H and O–H groups in total. The Morgan fingerprint density at radius 1 is 1.03 bits per heavy atom. The Labute approximate surface area is 178 Å². The molecule has 2 aromatic heterocycles. The minimum atomic E-state index is -0.419. The molecule has 0 aliphatic carbocycles. The van der Waals surface area contributed by atoms with Crippen LogP contribution >= 0.6 is 0 Å². The number of non-ortho nitro benzene ring substituents is 1. The summed E-state index contributed by atoms with van der Waals surface area (Å²) in [6.45, 7) is 0.549. The second-order valence-corrected chi connectivity index (χ2v) is 6.95. The minimum Gasteiger partial charge on any atom is -0.366 e. The number of pyridine rings is 2. The highest BCUT2D eigenvalue weighted by molar-refractivity contribution is 6.05. The van der Waals surface area contributed by atoms with Crippen LogP contribution in [0.1, 0.15) is 15.9 Å². The second kappa shape index (κ2) is 8.58. The summed E-state index contributed by atoms with van der Waals surface area (Å²) in [6, 6.07) is 19.2. The predicted molar refractivity (Wildman–Crippen MR) is 119 cm³/mol. The first kappa shape index (κ1) is 20.0. The van der Waals surface area contributed by atoms with Crippen LogP contribution in [0.2, 0.25) is 0 Å². The summed E-state index contributed by atoms with van der Waals surface area (Å²) in [5.74, 6) is 0.573. The summed E-state index contributed by atoms with van der Waals surface area (Å²) in [7, 11) is 1.74. The van der Waals surface area contributed by atoms with Gasteiger partial charge in [0.15, 0.2) is 0 Å². The molecule has 31 heavy (non-hydrogen) atoms. The Hall–Kier alpha value is -4.33. The molecule has 154 valence electrons. The van der Waals surface area contributed by atoms with Gasteiger partial charge in [0.2, 0.25) is 0 Å². The zero-order valence-electron chi connectivity index (χ0n) is 16.7. The SMILES string of the molecule is CN(C(=O)c1ccncc1)c1ccc(CNc2ccc3cc([N+](=O)[O-])ccc3n2)cc1. The van der Waals surface area contributed by atoms with E-state index in [-0.39, 0.29) is 11.6 Å². The predicted octanol–water partition coefficient (Wildman–Crippen LogP) is 4.43. The number of amides is 1. The molecular formula is C23H19N5O3. The quantitative estimate of drug-likeness (QED) is 0.371. The first-order chi connectivity index (χ1) is 15.0. The Kier molecular flexibility index (Phi) is 5.53. The zero-order valence-corrected chi connectivity index (χ0v) is 16.7. The zero-order chi connectivity index (χ0) is 21.8. The molecule has 8 nitrogen and oxygen atoms in total. The number of aromatic nitrogens is 2. The normalized spacial score (nSPS) is 10.6. The van der Waals surface area contributed by atoms with E-state index in [1.54, 1.807) is 54.7 Å². The number of hydrogen-bond donors (Lipinski definition) is 1. The van der Waals surface area contributed by atoms with Crippen molar-refractivity contribution in [3.63, 3.8) is 0 Å². The summed E-state index contributed by atoms with van der Waals surface area (Å²) in [4.78, 5) is 33.1. The van der Waals surface area contributed by atoms with Gasteiger partial charge in [0.25, 0.3) is 11.6 Å². The summed E-state index contributed by atoms with van der Waals surface area (Å²) >= 11 is 0. The molecule has 8 heteroatoms. The number of benzene rings is 2. The maximum Gasteiger partial charge on any atom is 0.270 e. The van der Waals surface area contributed by atoms with Crippen LogP contribution in [0.4, 0.5) is 17.2 Å². The molecule has 2 aromatic carbocycles. The van der Waals surface area contributed by atoms with E-state index in [1.165, 1.54) is 12.1 Å². The van der Waals surface area contributed by atoms with Crippen LogP contribution < -0.4 is 10.2 Å². The molecule has 2 heterocycles. The number of nitro benzene ring substituents is 1. The van der Waals surface area contributed by atoms with E-state index in [1.807, 2.05) is 24.3 Å². The molecule has 0 spiro atoms. The highest BCUT2D eigenvalue weighted by atomic mass is 16.6. The van der Waals surface area contributed by atoms with Crippen molar-refractivity contribution in [2.45, 2.75) is 6.54 Å². The average Bonchev–Trinajstić information content (AvgIpc) is 2.82. The van der Waals surface area contributed by atoms with Crippen LogP contribution in [0.5, 0.6) is 0 Å². The molecule has 4 rings (SSSR count). The summed E-state index contributed by atoms with van der Waals surface area (Å²) in [6.07, 6.45) is 3.19. The fraction of sp³-hybridized carbons (Fsp3) is 0.0870. The van der Waals surface area contributed by atoms with Crippen LogP contribution in [0.3, 0.4) is 0 Å². The van der Waals surface area contributed by atoms with Crippen molar-refractivity contribution >= 4 is 34.0 Å². The van der Waals surface area contributed by atoms with Gasteiger partial charge in [0.05, 0.1) is 10.4 Å². The number of hydrogen-bond acceptors (Lipinski definition) is 6. The summed E-state index contributed by atoms with van der Waals surface area (Å²) in [5.41, 5.74) is 3.12. The van der Waals surface area contributed by atoms with Crippen LogP contribution in [0.25, 0.3) is 10.9 Å². The fourth-order valence-corrected chi connectivity index (χ4v) is 3.16. The molecule has 0 saturated heterocycles. The van der Waals surface area contributed by atoms with E-state index in [0.29, 0.717) is 28.8 Å². The molecule has 1 amide bonds. The van der Waals surface area contributed by atoms with Crippen LogP contribution in [-0.2, 0) is 6.54 Å². The van der Waals surface area contributed by atoms with Gasteiger partial charge < -0.3 is 10.2 Å². The summed E-state index contributed by atoms with van der Waals surface area (Å²) in [5, 5.41) is 14.9. The average molecular weight is 413 g/mol. The number of carbonyl (C=O) groups excluding carboxylic acids is 1. The third-order valence-electron chi connectivity index (χ3n) is 4.91. The second-order valence-electron chi connectivity index (χ2n) is 6.95. The van der Waals surface area contributed by atoms with Gasteiger partial charge in [-0.1, -0.05) is 12.1 Å². The molecule has 4 aromatic rings. The molecule has 0 unspecified atom stereocenters. The van der Waals surface area contributed by atoms with E-state index >= 15 is 0 Å². The fourth-order valence-electron chi connectivity index (χ4n) is 3.16. The minimum absolute atomic E-state index is 0.0440. The van der Waals surface area contributed by atoms with Crippen LogP contribution in [0.15, 0.2) is 79.1 Å². The number of nitrogens with one attached hydrogen (secondary N) is 1. The number of nitrogens with zero attached hydrogens (tertiary/aromatic N) is 4. The summed E-state index contributed by atoms with van der Waals surface area (Å²) < 4.78 is 0. The van der Waals surface area contributed by atoms with E-state index in [2.05, 4.69) is 15.3 Å². The van der Waals surface area contributed by atoms with Crippen molar-refractivity contribution in [2.24, 2.45) is 0 Å². The number of nitro groups is 1. The molecule has 0 bridgehead atoms. The van der Waals surface area contributed by atoms with Crippen molar-refractivity contribution in [3.05, 3.63) is 100 Å². The standard InChI is InChI=1S/C23H19N5O3/c1-27(23(29)17-10-12-24-13-11-17)19-5-2-16(3-6-19)15-25-22-9-4-18-14-20(28(30)31)7-8-21(18)26-22/h2-14H,15H2,1H3,(H,25,26). The first-order valence-corrected chi connectivity index (χ1v) is 9.57. The monoisotopic (exact) mass is 413 g/mol. The van der Waals surface area contributed by atoms with Gasteiger partial charge in [-0.3, -0.25) is 19.9 Å². The third-order valence-corrected chi connectivity index (χ3v) is 4.91. The van der Waals surface area contributed by atoms with Crippen molar-refractivity contribution in [3.8, 4) is 0 Å². The Balaban J connectivity index is 1.41. The number of anilines is 2. The molecule has 0 saturated carbocycles. The third kappa shape index (κ3) is 4.48. The lowest BCUT2D eigenvalue weighted by Crippen LogP contribution is -2.26. The molecule has 0 aliphatic heterocycles. The molecular weight excluding hydrogens is 394 g/mol. The van der Waals surface area contributed by atoms with Gasteiger partial charge in [-0.05, 0) is 48.0 Å².